The van der Waals surface area contributed by atoms with Crippen LogP contribution in [0.25, 0.3) is 5.52 Å². The molecule has 7 heteroatoms. The zero-order valence-corrected chi connectivity index (χ0v) is 11.1. The lowest BCUT2D eigenvalue weighted by Crippen LogP contribution is -2.27. The Morgan fingerprint density at radius 3 is 2.68 bits per heavy atom. The van der Waals surface area contributed by atoms with Gasteiger partial charge in [-0.3, -0.25) is 9.78 Å². The van der Waals surface area contributed by atoms with Crippen molar-refractivity contribution in [2.45, 2.75) is 32.6 Å². The Morgan fingerprint density at radius 1 is 1.32 bits per heavy atom. The summed E-state index contributed by atoms with van der Waals surface area (Å²) in [4.78, 5) is 29.2. The van der Waals surface area contributed by atoms with Gasteiger partial charge in [-0.1, -0.05) is 13.8 Å². The average Bonchev–Trinajstić information content (AvgIpc) is 2.86. The maximum Gasteiger partial charge on any atom is 0.340 e. The molecular formula is C12H18N4O3. The standard InChI is InChI=1S/C10H12N4O3.C2H6/c15-9-7-5-11-8(6-1-3-17-4-2-6)14(7)13-10(16)12-9;1-2/h5-6H,1-4H2,(H2,12,13,15,16);1-2H3. The van der Waals surface area contributed by atoms with Gasteiger partial charge in [0.2, 0.25) is 0 Å². The molecule has 2 aromatic heterocycles. The summed E-state index contributed by atoms with van der Waals surface area (Å²) in [6, 6.07) is 0. The molecule has 0 bridgehead atoms. The number of rotatable bonds is 1. The molecule has 3 heterocycles. The molecule has 0 saturated carbocycles. The Balaban J connectivity index is 0.000000637. The second kappa shape index (κ2) is 5.83. The summed E-state index contributed by atoms with van der Waals surface area (Å²) >= 11 is 0. The molecule has 0 aliphatic carbocycles. The van der Waals surface area contributed by atoms with Gasteiger partial charge in [0.15, 0.2) is 0 Å². The largest absolute Gasteiger partial charge is 0.381 e. The van der Waals surface area contributed by atoms with Crippen molar-refractivity contribution in [2.24, 2.45) is 0 Å². The van der Waals surface area contributed by atoms with Crippen molar-refractivity contribution in [3.05, 3.63) is 32.9 Å². The van der Waals surface area contributed by atoms with Crippen LogP contribution in [0.4, 0.5) is 0 Å². The molecule has 7 nitrogen and oxygen atoms in total. The van der Waals surface area contributed by atoms with Crippen LogP contribution < -0.4 is 11.2 Å². The number of ether oxygens (including phenoxy) is 1. The van der Waals surface area contributed by atoms with Crippen LogP contribution in [0.5, 0.6) is 0 Å². The van der Waals surface area contributed by atoms with Crippen molar-refractivity contribution in [1.29, 1.82) is 0 Å². The number of hydrogen-bond acceptors (Lipinski definition) is 4. The minimum Gasteiger partial charge on any atom is -0.381 e. The minimum absolute atomic E-state index is 0.226. The van der Waals surface area contributed by atoms with Gasteiger partial charge in [0.1, 0.15) is 11.3 Å². The number of fused-ring (bicyclic) bond motifs is 1. The minimum atomic E-state index is -0.520. The third kappa shape index (κ3) is 2.60. The molecule has 0 aromatic carbocycles. The molecule has 0 atom stereocenters. The van der Waals surface area contributed by atoms with Gasteiger partial charge in [-0.2, -0.15) is 0 Å². The van der Waals surface area contributed by atoms with Gasteiger partial charge in [-0.05, 0) is 12.8 Å². The summed E-state index contributed by atoms with van der Waals surface area (Å²) in [6.07, 6.45) is 3.20. The zero-order chi connectivity index (χ0) is 13.8. The number of imidazole rings is 1. The van der Waals surface area contributed by atoms with E-state index in [0.717, 1.165) is 18.7 Å². The highest BCUT2D eigenvalue weighted by molar-refractivity contribution is 5.41. The predicted molar refractivity (Wildman–Crippen MR) is 70.6 cm³/mol. The Bertz CT molecular complexity index is 649. The number of hydrogen-bond donors (Lipinski definition) is 2. The molecule has 1 fully saturated rings. The highest BCUT2D eigenvalue weighted by Gasteiger charge is 2.21. The molecule has 0 amide bonds. The number of nitrogens with one attached hydrogen (secondary N) is 2. The first-order valence-corrected chi connectivity index (χ1v) is 6.53. The summed E-state index contributed by atoms with van der Waals surface area (Å²) in [5, 5.41) is 2.58. The van der Waals surface area contributed by atoms with E-state index in [2.05, 4.69) is 15.1 Å². The first-order chi connectivity index (χ1) is 9.25. The van der Waals surface area contributed by atoms with E-state index in [1.807, 2.05) is 13.8 Å². The van der Waals surface area contributed by atoms with Crippen molar-refractivity contribution in [2.75, 3.05) is 13.2 Å². The quantitative estimate of drug-likeness (QED) is 0.792. The lowest BCUT2D eigenvalue weighted by Gasteiger charge is -2.20. The molecule has 0 spiro atoms. The van der Waals surface area contributed by atoms with Crippen LogP contribution in [0.15, 0.2) is 15.8 Å². The Kier molecular flexibility index (Phi) is 4.16. The van der Waals surface area contributed by atoms with Crippen LogP contribution in [-0.4, -0.2) is 32.8 Å². The van der Waals surface area contributed by atoms with Gasteiger partial charge in [-0.25, -0.2) is 19.4 Å². The monoisotopic (exact) mass is 266 g/mol. The third-order valence-electron chi connectivity index (χ3n) is 3.05. The van der Waals surface area contributed by atoms with Gasteiger partial charge in [0, 0.05) is 19.1 Å². The summed E-state index contributed by atoms with van der Waals surface area (Å²) < 4.78 is 6.76. The summed E-state index contributed by atoms with van der Waals surface area (Å²) in [5.74, 6) is 0.954. The summed E-state index contributed by atoms with van der Waals surface area (Å²) in [5.41, 5.74) is -0.570. The molecule has 1 saturated heterocycles. The van der Waals surface area contributed by atoms with E-state index in [1.165, 1.54) is 10.7 Å². The van der Waals surface area contributed by atoms with Crippen molar-refractivity contribution in [3.63, 3.8) is 0 Å². The fourth-order valence-corrected chi connectivity index (χ4v) is 2.18. The second-order valence-corrected chi connectivity index (χ2v) is 4.12. The van der Waals surface area contributed by atoms with Crippen molar-refractivity contribution in [1.82, 2.24) is 19.6 Å². The topological polar surface area (TPSA) is 92.2 Å². The molecule has 1 aliphatic heterocycles. The van der Waals surface area contributed by atoms with Crippen LogP contribution in [0.2, 0.25) is 0 Å². The highest BCUT2D eigenvalue weighted by atomic mass is 16.5. The number of aromatic amines is 2. The average molecular weight is 266 g/mol. The SMILES string of the molecule is CC.O=c1[nH]c(=O)c2cnc(C3CCOCC3)n2[nH]1. The molecular weight excluding hydrogens is 248 g/mol. The lowest BCUT2D eigenvalue weighted by atomic mass is 10.00. The Morgan fingerprint density at radius 2 is 2.00 bits per heavy atom. The van der Waals surface area contributed by atoms with Gasteiger partial charge >= 0.3 is 5.69 Å². The first kappa shape index (κ1) is 13.5. The van der Waals surface area contributed by atoms with Crippen LogP contribution in [0, 0.1) is 0 Å². The third-order valence-corrected chi connectivity index (χ3v) is 3.05. The molecule has 19 heavy (non-hydrogen) atoms. The molecule has 104 valence electrons. The summed E-state index contributed by atoms with van der Waals surface area (Å²) in [6.45, 7) is 5.38. The predicted octanol–water partition coefficient (Wildman–Crippen LogP) is 0.631. The van der Waals surface area contributed by atoms with Gasteiger partial charge in [-0.15, -0.1) is 0 Å². The molecule has 1 aliphatic rings. The van der Waals surface area contributed by atoms with E-state index < -0.39 is 11.2 Å². The van der Waals surface area contributed by atoms with E-state index >= 15 is 0 Å². The summed E-state index contributed by atoms with van der Waals surface area (Å²) in [7, 11) is 0. The van der Waals surface area contributed by atoms with Crippen LogP contribution in [0.1, 0.15) is 38.4 Å². The van der Waals surface area contributed by atoms with Gasteiger partial charge < -0.3 is 4.74 Å². The van der Waals surface area contributed by atoms with E-state index in [-0.39, 0.29) is 5.92 Å². The Labute approximate surface area is 109 Å². The number of nitrogens with zero attached hydrogens (tertiary/aromatic N) is 2. The highest BCUT2D eigenvalue weighted by Crippen LogP contribution is 2.24. The van der Waals surface area contributed by atoms with Gasteiger partial charge in [0.05, 0.1) is 6.20 Å². The molecule has 0 radical (unpaired) electrons. The fraction of sp³-hybridized carbons (Fsp3) is 0.583. The normalized spacial score (nSPS) is 16.1. The van der Waals surface area contributed by atoms with Crippen LogP contribution >= 0.6 is 0 Å². The first-order valence-electron chi connectivity index (χ1n) is 6.53. The van der Waals surface area contributed by atoms with Crippen molar-refractivity contribution in [3.8, 4) is 0 Å². The van der Waals surface area contributed by atoms with E-state index in [4.69, 9.17) is 4.74 Å². The van der Waals surface area contributed by atoms with E-state index in [9.17, 15) is 9.59 Å². The molecule has 3 rings (SSSR count). The van der Waals surface area contributed by atoms with Crippen LogP contribution in [0.3, 0.4) is 0 Å². The number of H-pyrrole nitrogens is 2. The number of aromatic nitrogens is 4. The zero-order valence-electron chi connectivity index (χ0n) is 11.1. The second-order valence-electron chi connectivity index (χ2n) is 4.12. The van der Waals surface area contributed by atoms with Crippen LogP contribution in [-0.2, 0) is 4.74 Å². The van der Waals surface area contributed by atoms with Crippen molar-refractivity contribution < 1.29 is 4.74 Å². The molecule has 2 aromatic rings. The maximum atomic E-state index is 11.5. The lowest BCUT2D eigenvalue weighted by molar-refractivity contribution is 0.0832. The Hall–Kier alpha value is -1.89. The molecule has 2 N–H and O–H groups in total. The van der Waals surface area contributed by atoms with E-state index in [1.54, 1.807) is 0 Å². The fourth-order valence-electron chi connectivity index (χ4n) is 2.18. The van der Waals surface area contributed by atoms with Crippen molar-refractivity contribution >= 4 is 5.52 Å². The smallest absolute Gasteiger partial charge is 0.340 e. The van der Waals surface area contributed by atoms with Gasteiger partial charge in [0.25, 0.3) is 5.56 Å². The molecule has 0 unspecified atom stereocenters. The van der Waals surface area contributed by atoms with E-state index in [0.29, 0.717) is 18.7 Å². The maximum absolute atomic E-state index is 11.5.